The molecule has 3 N–H and O–H groups in total. The highest BCUT2D eigenvalue weighted by molar-refractivity contribution is 9.10. The minimum atomic E-state index is -0.556. The Morgan fingerprint density at radius 1 is 1.67 bits per heavy atom. The van der Waals surface area contributed by atoms with Gasteiger partial charge in [-0.25, -0.2) is 4.39 Å². The number of halogens is 2. The molecule has 0 saturated heterocycles. The summed E-state index contributed by atoms with van der Waals surface area (Å²) >= 11 is 3.01. The molecule has 0 bridgehead atoms. The van der Waals surface area contributed by atoms with Crippen LogP contribution in [0, 0.1) is 5.82 Å². The zero-order valence-electron chi connectivity index (χ0n) is 8.26. The number of nitrogens with two attached hydrogens (primary N) is 1. The van der Waals surface area contributed by atoms with Gasteiger partial charge in [0.15, 0.2) is 0 Å². The zero-order chi connectivity index (χ0) is 11.4. The first kappa shape index (κ1) is 12.1. The Hall–Kier alpha value is -0.940. The highest BCUT2D eigenvalue weighted by atomic mass is 79.9. The largest absolute Gasteiger partial charge is 0.350 e. The van der Waals surface area contributed by atoms with Crippen LogP contribution >= 0.6 is 15.9 Å². The van der Waals surface area contributed by atoms with Gasteiger partial charge in [0.05, 0.1) is 10.0 Å². The minimum Gasteiger partial charge on any atom is -0.350 e. The lowest BCUT2D eigenvalue weighted by Gasteiger charge is -2.08. The molecule has 0 aromatic heterocycles. The average molecular weight is 275 g/mol. The van der Waals surface area contributed by atoms with Crippen LogP contribution < -0.4 is 11.1 Å². The molecule has 1 aromatic rings. The second-order valence-electron chi connectivity index (χ2n) is 3.29. The van der Waals surface area contributed by atoms with Gasteiger partial charge in [-0.05, 0) is 35.0 Å². The van der Waals surface area contributed by atoms with Gasteiger partial charge in [-0.1, -0.05) is 6.07 Å². The van der Waals surface area contributed by atoms with E-state index in [1.54, 1.807) is 13.0 Å². The predicted molar refractivity (Wildman–Crippen MR) is 60.1 cm³/mol. The van der Waals surface area contributed by atoms with Crippen LogP contribution in [-0.4, -0.2) is 18.5 Å². The normalized spacial score (nSPS) is 12.3. The van der Waals surface area contributed by atoms with E-state index in [0.717, 1.165) is 0 Å². The SMILES string of the molecule is CC(N)CNC(=O)c1cccc(Br)c1F. The summed E-state index contributed by atoms with van der Waals surface area (Å²) in [4.78, 5) is 11.5. The third-order valence-electron chi connectivity index (χ3n) is 1.78. The van der Waals surface area contributed by atoms with Gasteiger partial charge in [-0.3, -0.25) is 4.79 Å². The van der Waals surface area contributed by atoms with Crippen molar-refractivity contribution in [3.63, 3.8) is 0 Å². The van der Waals surface area contributed by atoms with E-state index in [0.29, 0.717) is 6.54 Å². The number of benzene rings is 1. The smallest absolute Gasteiger partial charge is 0.254 e. The predicted octanol–water partition coefficient (Wildman–Crippen LogP) is 1.67. The number of hydrogen-bond acceptors (Lipinski definition) is 2. The number of carbonyl (C=O) groups excluding carboxylic acids is 1. The number of amides is 1. The van der Waals surface area contributed by atoms with Gasteiger partial charge in [0.25, 0.3) is 5.91 Å². The van der Waals surface area contributed by atoms with E-state index in [4.69, 9.17) is 5.73 Å². The molecule has 3 nitrogen and oxygen atoms in total. The summed E-state index contributed by atoms with van der Waals surface area (Å²) in [5, 5.41) is 2.54. The van der Waals surface area contributed by atoms with E-state index in [1.807, 2.05) is 0 Å². The van der Waals surface area contributed by atoms with Gasteiger partial charge in [0.1, 0.15) is 5.82 Å². The molecule has 0 radical (unpaired) electrons. The van der Waals surface area contributed by atoms with Gasteiger partial charge in [0, 0.05) is 12.6 Å². The van der Waals surface area contributed by atoms with Gasteiger partial charge in [0.2, 0.25) is 0 Å². The van der Waals surface area contributed by atoms with E-state index in [2.05, 4.69) is 21.2 Å². The van der Waals surface area contributed by atoms with Crippen molar-refractivity contribution in [2.75, 3.05) is 6.54 Å². The molecule has 1 amide bonds. The van der Waals surface area contributed by atoms with Crippen molar-refractivity contribution >= 4 is 21.8 Å². The molecule has 15 heavy (non-hydrogen) atoms. The van der Waals surface area contributed by atoms with Crippen molar-refractivity contribution in [1.29, 1.82) is 0 Å². The van der Waals surface area contributed by atoms with Gasteiger partial charge in [-0.2, -0.15) is 0 Å². The third kappa shape index (κ3) is 3.28. The molecular weight excluding hydrogens is 263 g/mol. The summed E-state index contributed by atoms with van der Waals surface area (Å²) in [5.41, 5.74) is 5.49. The summed E-state index contributed by atoms with van der Waals surface area (Å²) < 4.78 is 13.7. The van der Waals surface area contributed by atoms with Crippen LogP contribution in [0.25, 0.3) is 0 Å². The Morgan fingerprint density at radius 3 is 2.93 bits per heavy atom. The van der Waals surface area contributed by atoms with Crippen LogP contribution in [0.3, 0.4) is 0 Å². The summed E-state index contributed by atoms with van der Waals surface area (Å²) in [5.74, 6) is -1.01. The van der Waals surface area contributed by atoms with Crippen LogP contribution in [-0.2, 0) is 0 Å². The second kappa shape index (κ2) is 5.23. The van der Waals surface area contributed by atoms with Crippen molar-refractivity contribution in [2.45, 2.75) is 13.0 Å². The number of rotatable bonds is 3. The molecule has 0 aliphatic heterocycles. The molecule has 1 aromatic carbocycles. The fourth-order valence-electron chi connectivity index (χ4n) is 1.03. The maximum absolute atomic E-state index is 13.4. The second-order valence-corrected chi connectivity index (χ2v) is 4.14. The molecule has 1 atom stereocenters. The van der Waals surface area contributed by atoms with E-state index in [9.17, 15) is 9.18 Å². The highest BCUT2D eigenvalue weighted by Gasteiger charge is 2.13. The van der Waals surface area contributed by atoms with E-state index >= 15 is 0 Å². The van der Waals surface area contributed by atoms with Gasteiger partial charge in [-0.15, -0.1) is 0 Å². The Labute approximate surface area is 96.0 Å². The number of hydrogen-bond donors (Lipinski definition) is 2. The summed E-state index contributed by atoms with van der Waals surface area (Å²) in [6.45, 7) is 2.09. The Morgan fingerprint density at radius 2 is 2.33 bits per heavy atom. The molecule has 0 aliphatic carbocycles. The fraction of sp³-hybridized carbons (Fsp3) is 0.300. The highest BCUT2D eigenvalue weighted by Crippen LogP contribution is 2.18. The Bertz CT molecular complexity index is 368. The molecule has 0 aliphatic rings. The topological polar surface area (TPSA) is 55.1 Å². The average Bonchev–Trinajstić information content (AvgIpc) is 2.18. The first-order chi connectivity index (χ1) is 7.02. The summed E-state index contributed by atoms with van der Waals surface area (Å²) in [6, 6.07) is 4.42. The minimum absolute atomic E-state index is 0.0185. The third-order valence-corrected chi connectivity index (χ3v) is 2.39. The Kier molecular flexibility index (Phi) is 4.23. The van der Waals surface area contributed by atoms with Crippen LogP contribution in [0.5, 0.6) is 0 Å². The van der Waals surface area contributed by atoms with E-state index < -0.39 is 11.7 Å². The van der Waals surface area contributed by atoms with Crippen LogP contribution in [0.4, 0.5) is 4.39 Å². The van der Waals surface area contributed by atoms with Crippen molar-refractivity contribution < 1.29 is 9.18 Å². The lowest BCUT2D eigenvalue weighted by atomic mass is 10.2. The summed E-state index contributed by atoms with van der Waals surface area (Å²) in [6.07, 6.45) is 0. The molecule has 5 heteroatoms. The number of nitrogens with one attached hydrogen (secondary N) is 1. The summed E-state index contributed by atoms with van der Waals surface area (Å²) in [7, 11) is 0. The van der Waals surface area contributed by atoms with Crippen LogP contribution in [0.2, 0.25) is 0 Å². The molecule has 1 rings (SSSR count). The number of carbonyl (C=O) groups is 1. The molecule has 0 spiro atoms. The van der Waals surface area contributed by atoms with E-state index in [-0.39, 0.29) is 16.1 Å². The lowest BCUT2D eigenvalue weighted by molar-refractivity contribution is 0.0947. The monoisotopic (exact) mass is 274 g/mol. The zero-order valence-corrected chi connectivity index (χ0v) is 9.84. The van der Waals surface area contributed by atoms with E-state index in [1.165, 1.54) is 12.1 Å². The van der Waals surface area contributed by atoms with Gasteiger partial charge < -0.3 is 11.1 Å². The maximum atomic E-state index is 13.4. The first-order valence-corrected chi connectivity index (χ1v) is 5.29. The van der Waals surface area contributed by atoms with Crippen LogP contribution in [0.15, 0.2) is 22.7 Å². The molecule has 82 valence electrons. The standard InChI is InChI=1S/C10H12BrFN2O/c1-6(13)5-14-10(15)7-3-2-4-8(11)9(7)12/h2-4,6H,5,13H2,1H3,(H,14,15). The molecule has 0 saturated carbocycles. The molecule has 1 unspecified atom stereocenters. The fourth-order valence-corrected chi connectivity index (χ4v) is 1.39. The first-order valence-electron chi connectivity index (χ1n) is 4.50. The van der Waals surface area contributed by atoms with Crippen LogP contribution in [0.1, 0.15) is 17.3 Å². The molecule has 0 heterocycles. The van der Waals surface area contributed by atoms with Crippen molar-refractivity contribution in [3.05, 3.63) is 34.1 Å². The van der Waals surface area contributed by atoms with Crippen molar-refractivity contribution in [1.82, 2.24) is 5.32 Å². The van der Waals surface area contributed by atoms with Gasteiger partial charge >= 0.3 is 0 Å². The Balaban J connectivity index is 2.78. The molecule has 0 fully saturated rings. The van der Waals surface area contributed by atoms with Crippen molar-refractivity contribution in [3.8, 4) is 0 Å². The quantitative estimate of drug-likeness (QED) is 0.881. The molecular formula is C10H12BrFN2O. The lowest BCUT2D eigenvalue weighted by Crippen LogP contribution is -2.35. The maximum Gasteiger partial charge on any atom is 0.254 e. The van der Waals surface area contributed by atoms with Crippen molar-refractivity contribution in [2.24, 2.45) is 5.73 Å².